The number of ether oxygens (including phenoxy) is 2. The number of rotatable bonds is 16. The molecule has 0 saturated carbocycles. The van der Waals surface area contributed by atoms with E-state index in [-0.39, 0.29) is 131 Å². The highest BCUT2D eigenvalue weighted by Crippen LogP contribution is 2.40. The third-order valence-electron chi connectivity index (χ3n) is 9.90. The lowest BCUT2D eigenvalue weighted by molar-refractivity contribution is -0.122. The third-order valence-corrected chi connectivity index (χ3v) is 9.90. The van der Waals surface area contributed by atoms with Gasteiger partial charge in [0.2, 0.25) is 34.2 Å². The molecule has 0 fully saturated rings. The van der Waals surface area contributed by atoms with Crippen molar-refractivity contribution in [2.45, 2.75) is 38.8 Å². The van der Waals surface area contributed by atoms with E-state index in [1.807, 2.05) is 0 Å². The van der Waals surface area contributed by atoms with Crippen molar-refractivity contribution in [2.75, 3.05) is 13.2 Å². The number of amides is 2. The number of hydrogen-bond donors (Lipinski definition) is 10. The number of nitrogens with one attached hydrogen (secondary N) is 2. The molecule has 10 N–H and O–H groups in total. The zero-order valence-electron chi connectivity index (χ0n) is 33.6. The molecule has 2 amide bonds. The Labute approximate surface area is 361 Å². The summed E-state index contributed by atoms with van der Waals surface area (Å²) in [4.78, 5) is 52.2. The van der Waals surface area contributed by atoms with Gasteiger partial charge in [0, 0.05) is 61.3 Å². The molecule has 5 aromatic carbocycles. The Balaban J connectivity index is 0.872. The van der Waals surface area contributed by atoms with Crippen LogP contribution in [0.4, 0.5) is 0 Å². The highest BCUT2D eigenvalue weighted by atomic mass is 16.5. The van der Waals surface area contributed by atoms with Gasteiger partial charge < -0.3 is 69.8 Å². The topological polar surface area (TPSA) is 299 Å². The van der Waals surface area contributed by atoms with Crippen molar-refractivity contribution in [3.63, 3.8) is 0 Å². The van der Waals surface area contributed by atoms with Crippen LogP contribution in [0.5, 0.6) is 57.5 Å². The molecule has 7 rings (SSSR count). The predicted molar refractivity (Wildman–Crippen MR) is 229 cm³/mol. The molecular weight excluding hydrogens is 837 g/mol. The fraction of sp³-hybridized carbons (Fsp3) is 0.174. The van der Waals surface area contributed by atoms with E-state index in [9.17, 15) is 60.0 Å². The molecule has 0 saturated heterocycles. The average Bonchev–Trinajstić information content (AvgIpc) is 3.25. The molecule has 64 heavy (non-hydrogen) atoms. The van der Waals surface area contributed by atoms with Crippen LogP contribution < -0.4 is 31.0 Å². The van der Waals surface area contributed by atoms with Gasteiger partial charge in [0.15, 0.2) is 34.5 Å². The molecule has 7 aromatic rings. The molecule has 0 aliphatic rings. The van der Waals surface area contributed by atoms with Crippen molar-refractivity contribution >= 4 is 33.8 Å². The molecule has 18 nitrogen and oxygen atoms in total. The smallest absolute Gasteiger partial charge is 0.239 e. The van der Waals surface area contributed by atoms with E-state index in [2.05, 4.69) is 10.6 Å². The van der Waals surface area contributed by atoms with Crippen LogP contribution in [-0.2, 0) is 22.7 Å². The Morgan fingerprint density at radius 1 is 0.484 bits per heavy atom. The van der Waals surface area contributed by atoms with Crippen molar-refractivity contribution in [1.82, 2.24) is 10.6 Å². The monoisotopic (exact) mass is 876 g/mol. The Morgan fingerprint density at radius 2 is 0.875 bits per heavy atom. The number of aromatic hydroxyl groups is 8. The standard InChI is InChI=1S/C46H40N2O16/c49-27-17-33(55)39-35(19-27)63-43(25-9-11-29(51)31(53)15-25)45(41(39)59)61-13-1-3-37(57)47-21-23-5-7-24(8-6-23)22-48-38(58)4-2-14-62-46-42(60)40-34(56)18-28(50)20-36(40)64-44(46)26-10-12-30(52)32(54)16-26/h5-12,15-20,49-56H,1-4,13-14,21-22H2,(H,47,57)(H,48,58). The van der Waals surface area contributed by atoms with Crippen LogP contribution in [0, 0.1) is 0 Å². The first kappa shape index (κ1) is 43.5. The summed E-state index contributed by atoms with van der Waals surface area (Å²) in [5.74, 6) is -5.10. The SMILES string of the molecule is O=C(CCCOc1c(-c2ccc(O)c(O)c2)oc2cc(O)cc(O)c2c1=O)NCc1ccc(CNC(=O)CCCOc2c(-c3ccc(O)c(O)c3)oc3cc(O)cc(O)c3c2=O)cc1. The molecule has 0 radical (unpaired) electrons. The maximum absolute atomic E-state index is 13.4. The van der Waals surface area contributed by atoms with E-state index in [0.29, 0.717) is 0 Å². The quantitative estimate of drug-likeness (QED) is 0.0403. The Morgan fingerprint density at radius 3 is 1.25 bits per heavy atom. The van der Waals surface area contributed by atoms with Gasteiger partial charge in [0.25, 0.3) is 0 Å². The minimum atomic E-state index is -0.758. The molecule has 330 valence electrons. The molecule has 0 unspecified atom stereocenters. The predicted octanol–water partition coefficient (Wildman–Crippen LogP) is 5.83. The second-order valence-corrected chi connectivity index (χ2v) is 14.5. The van der Waals surface area contributed by atoms with Gasteiger partial charge in [-0.25, -0.2) is 0 Å². The van der Waals surface area contributed by atoms with Crippen LogP contribution in [0.25, 0.3) is 44.6 Å². The van der Waals surface area contributed by atoms with E-state index < -0.39 is 45.4 Å². The fourth-order valence-electron chi connectivity index (χ4n) is 6.68. The first-order valence-electron chi connectivity index (χ1n) is 19.6. The zero-order valence-corrected chi connectivity index (χ0v) is 33.6. The summed E-state index contributed by atoms with van der Waals surface area (Å²) in [5.41, 5.74) is 0.0715. The Kier molecular flexibility index (Phi) is 12.7. The normalized spacial score (nSPS) is 11.1. The second-order valence-electron chi connectivity index (χ2n) is 14.5. The van der Waals surface area contributed by atoms with Crippen molar-refractivity contribution < 1.29 is 68.7 Å². The molecule has 0 atom stereocenters. The van der Waals surface area contributed by atoms with Crippen LogP contribution in [0.1, 0.15) is 36.8 Å². The number of phenols is 8. The Hall–Kier alpha value is -8.54. The minimum Gasteiger partial charge on any atom is -0.508 e. The molecule has 2 heterocycles. The lowest BCUT2D eigenvalue weighted by atomic mass is 10.1. The van der Waals surface area contributed by atoms with Crippen molar-refractivity contribution in [2.24, 2.45) is 0 Å². The summed E-state index contributed by atoms with van der Waals surface area (Å²) in [6.07, 6.45) is 0.407. The van der Waals surface area contributed by atoms with Crippen LogP contribution >= 0.6 is 0 Å². The molecule has 0 spiro atoms. The van der Waals surface area contributed by atoms with Gasteiger partial charge in [-0.05, 0) is 60.4 Å². The lowest BCUT2D eigenvalue weighted by Gasteiger charge is -2.13. The van der Waals surface area contributed by atoms with E-state index in [0.717, 1.165) is 47.5 Å². The molecule has 0 bridgehead atoms. The van der Waals surface area contributed by atoms with E-state index >= 15 is 0 Å². The number of carbonyl (C=O) groups is 2. The first-order chi connectivity index (χ1) is 30.7. The van der Waals surface area contributed by atoms with Gasteiger partial charge in [-0.3, -0.25) is 19.2 Å². The largest absolute Gasteiger partial charge is 0.508 e. The second kappa shape index (κ2) is 18.6. The van der Waals surface area contributed by atoms with Gasteiger partial charge in [0.1, 0.15) is 44.9 Å². The summed E-state index contributed by atoms with van der Waals surface area (Å²) in [6, 6.07) is 18.8. The van der Waals surface area contributed by atoms with Crippen LogP contribution in [-0.4, -0.2) is 65.9 Å². The molecule has 0 aliphatic heterocycles. The van der Waals surface area contributed by atoms with E-state index in [1.54, 1.807) is 24.3 Å². The number of benzene rings is 5. The maximum Gasteiger partial charge on any atom is 0.239 e. The summed E-state index contributed by atoms with van der Waals surface area (Å²) in [6.45, 7) is 0.185. The Bertz CT molecular complexity index is 2830. The van der Waals surface area contributed by atoms with Crippen LogP contribution in [0.3, 0.4) is 0 Å². The van der Waals surface area contributed by atoms with Crippen molar-refractivity contribution in [3.8, 4) is 80.1 Å². The maximum atomic E-state index is 13.4. The summed E-state index contributed by atoms with van der Waals surface area (Å²) in [7, 11) is 0. The zero-order chi connectivity index (χ0) is 45.7. The lowest BCUT2D eigenvalue weighted by Crippen LogP contribution is -2.24. The average molecular weight is 877 g/mol. The van der Waals surface area contributed by atoms with E-state index in [1.165, 1.54) is 24.3 Å². The van der Waals surface area contributed by atoms with Crippen molar-refractivity contribution in [3.05, 3.63) is 117 Å². The van der Waals surface area contributed by atoms with Crippen LogP contribution in [0.2, 0.25) is 0 Å². The van der Waals surface area contributed by atoms with Gasteiger partial charge in [-0.1, -0.05) is 24.3 Å². The number of hydrogen-bond acceptors (Lipinski definition) is 16. The minimum absolute atomic E-state index is 0.0251. The van der Waals surface area contributed by atoms with Gasteiger partial charge in [-0.15, -0.1) is 0 Å². The summed E-state index contributed by atoms with van der Waals surface area (Å²) < 4.78 is 23.2. The number of fused-ring (bicyclic) bond motifs is 2. The number of phenolic OH excluding ortho intramolecular Hbond substituents is 8. The summed E-state index contributed by atoms with van der Waals surface area (Å²) >= 11 is 0. The van der Waals surface area contributed by atoms with Crippen LogP contribution in [0.15, 0.2) is 103 Å². The summed E-state index contributed by atoms with van der Waals surface area (Å²) in [5, 5.41) is 85.3. The molecule has 18 heteroatoms. The number of carbonyl (C=O) groups excluding carboxylic acids is 2. The van der Waals surface area contributed by atoms with Gasteiger partial charge in [-0.2, -0.15) is 0 Å². The molecular formula is C46H40N2O16. The highest BCUT2D eigenvalue weighted by molar-refractivity contribution is 5.89. The highest BCUT2D eigenvalue weighted by Gasteiger charge is 2.23. The fourth-order valence-corrected chi connectivity index (χ4v) is 6.68. The first-order valence-corrected chi connectivity index (χ1v) is 19.6. The third kappa shape index (κ3) is 9.65. The van der Waals surface area contributed by atoms with Gasteiger partial charge >= 0.3 is 0 Å². The van der Waals surface area contributed by atoms with Gasteiger partial charge in [0.05, 0.1) is 13.2 Å². The van der Waals surface area contributed by atoms with Crippen molar-refractivity contribution in [1.29, 1.82) is 0 Å². The molecule has 2 aromatic heterocycles. The van der Waals surface area contributed by atoms with E-state index in [4.69, 9.17) is 18.3 Å². The molecule has 0 aliphatic carbocycles.